The molecule has 0 spiro atoms. The lowest BCUT2D eigenvalue weighted by Crippen LogP contribution is -2.29. The molecule has 0 saturated carbocycles. The first kappa shape index (κ1) is 15.7. The van der Waals surface area contributed by atoms with Crippen LogP contribution in [-0.4, -0.2) is 33.4 Å². The maximum atomic E-state index is 11.5. The molecule has 1 rings (SSSR count). The second-order valence-electron chi connectivity index (χ2n) is 3.86. The topological polar surface area (TPSA) is 107 Å². The van der Waals surface area contributed by atoms with E-state index in [1.807, 2.05) is 6.92 Å². The van der Waals surface area contributed by atoms with Crippen molar-refractivity contribution in [1.82, 2.24) is 4.73 Å². The van der Waals surface area contributed by atoms with Crippen LogP contribution in [0.1, 0.15) is 33.1 Å². The molecule has 0 aliphatic carbocycles. The van der Waals surface area contributed by atoms with Gasteiger partial charge in [-0.15, -0.1) is 4.73 Å². The van der Waals surface area contributed by atoms with Crippen LogP contribution in [0.3, 0.4) is 0 Å². The van der Waals surface area contributed by atoms with E-state index >= 15 is 0 Å². The Labute approximate surface area is 115 Å². The number of hydrogen-bond donors (Lipinski definition) is 2. The van der Waals surface area contributed by atoms with Gasteiger partial charge in [0.15, 0.2) is 0 Å². The molecule has 0 aromatic carbocycles. The molecule has 8 heteroatoms. The third-order valence-electron chi connectivity index (χ3n) is 2.27. The minimum Gasteiger partial charge on any atom is -0.492 e. The van der Waals surface area contributed by atoms with Gasteiger partial charge in [-0.25, -0.2) is 4.79 Å². The Hall–Kier alpha value is -2.38. The number of nitrogens with zero attached hydrogens (tertiary/aromatic N) is 1. The Morgan fingerprint density at radius 2 is 1.80 bits per heavy atom. The molecule has 0 bridgehead atoms. The zero-order chi connectivity index (χ0) is 15.1. The fourth-order valence-corrected chi connectivity index (χ4v) is 1.31. The zero-order valence-electron chi connectivity index (χ0n) is 11.2. The van der Waals surface area contributed by atoms with Crippen LogP contribution < -0.4 is 4.84 Å². The summed E-state index contributed by atoms with van der Waals surface area (Å²) in [4.78, 5) is 27.2. The minimum atomic E-state index is -1.21. The first-order chi connectivity index (χ1) is 9.47. The highest BCUT2D eigenvalue weighted by atomic mass is 16.9. The second kappa shape index (κ2) is 7.27. The predicted molar refractivity (Wildman–Crippen MR) is 65.9 cm³/mol. The normalized spacial score (nSPS) is 11.7. The lowest BCUT2D eigenvalue weighted by Gasteiger charge is -2.17. The van der Waals surface area contributed by atoms with E-state index in [1.54, 1.807) is 6.92 Å². The van der Waals surface area contributed by atoms with Gasteiger partial charge in [0.25, 0.3) is 6.29 Å². The largest absolute Gasteiger partial charge is 0.537 e. The van der Waals surface area contributed by atoms with Gasteiger partial charge < -0.3 is 19.7 Å². The van der Waals surface area contributed by atoms with E-state index < -0.39 is 30.2 Å². The van der Waals surface area contributed by atoms with Crippen molar-refractivity contribution < 1.29 is 34.1 Å². The number of aromatic hydroxyl groups is 2. The Kier molecular flexibility index (Phi) is 5.70. The van der Waals surface area contributed by atoms with Gasteiger partial charge in [-0.3, -0.25) is 9.63 Å². The average molecular weight is 287 g/mol. The Balaban J connectivity index is 2.60. The van der Waals surface area contributed by atoms with Crippen LogP contribution >= 0.6 is 0 Å². The number of carbonyl (C=O) groups excluding carboxylic acids is 2. The summed E-state index contributed by atoms with van der Waals surface area (Å²) in [6.45, 7) is 3.44. The first-order valence-electron chi connectivity index (χ1n) is 6.16. The summed E-state index contributed by atoms with van der Waals surface area (Å²) >= 11 is 0. The molecule has 20 heavy (non-hydrogen) atoms. The van der Waals surface area contributed by atoms with Crippen molar-refractivity contribution >= 4 is 12.1 Å². The molecular formula is C12H17NO7. The molecule has 1 atom stereocenters. The van der Waals surface area contributed by atoms with Crippen molar-refractivity contribution in [3.8, 4) is 11.8 Å². The maximum absolute atomic E-state index is 11.5. The Morgan fingerprint density at radius 3 is 2.30 bits per heavy atom. The fraction of sp³-hybridized carbons (Fsp3) is 0.500. The molecule has 0 amide bonds. The van der Waals surface area contributed by atoms with Crippen molar-refractivity contribution in [2.45, 2.75) is 39.4 Å². The van der Waals surface area contributed by atoms with Crippen LogP contribution in [-0.2, 0) is 14.3 Å². The van der Waals surface area contributed by atoms with Crippen LogP contribution in [0.2, 0.25) is 0 Å². The third-order valence-corrected chi connectivity index (χ3v) is 2.27. The highest BCUT2D eigenvalue weighted by Crippen LogP contribution is 2.19. The van der Waals surface area contributed by atoms with Crippen LogP contribution in [0.5, 0.6) is 11.8 Å². The number of esters is 1. The van der Waals surface area contributed by atoms with Gasteiger partial charge in [0.05, 0.1) is 0 Å². The molecule has 1 unspecified atom stereocenters. The van der Waals surface area contributed by atoms with E-state index in [0.29, 0.717) is 17.6 Å². The van der Waals surface area contributed by atoms with E-state index in [0.717, 1.165) is 12.1 Å². The van der Waals surface area contributed by atoms with Gasteiger partial charge in [-0.05, 0) is 6.42 Å². The molecule has 0 radical (unpaired) electrons. The van der Waals surface area contributed by atoms with Crippen molar-refractivity contribution in [3.63, 3.8) is 0 Å². The summed E-state index contributed by atoms with van der Waals surface area (Å²) in [5.41, 5.74) is 0. The van der Waals surface area contributed by atoms with E-state index in [4.69, 9.17) is 9.47 Å². The van der Waals surface area contributed by atoms with Crippen LogP contribution in [0.4, 0.5) is 4.79 Å². The van der Waals surface area contributed by atoms with Gasteiger partial charge in [0, 0.05) is 25.0 Å². The molecule has 0 fully saturated rings. The fourth-order valence-electron chi connectivity index (χ4n) is 1.31. The summed E-state index contributed by atoms with van der Waals surface area (Å²) in [5.74, 6) is -1.46. The lowest BCUT2D eigenvalue weighted by atomic mass is 10.3. The van der Waals surface area contributed by atoms with Gasteiger partial charge >= 0.3 is 12.1 Å². The smallest absolute Gasteiger partial charge is 0.492 e. The van der Waals surface area contributed by atoms with Crippen LogP contribution in [0.25, 0.3) is 0 Å². The summed E-state index contributed by atoms with van der Waals surface area (Å²) in [5, 5.41) is 18.6. The molecule has 0 saturated heterocycles. The van der Waals surface area contributed by atoms with E-state index in [2.05, 4.69) is 4.84 Å². The molecule has 0 aliphatic rings. The van der Waals surface area contributed by atoms with E-state index in [-0.39, 0.29) is 6.42 Å². The zero-order valence-corrected chi connectivity index (χ0v) is 11.2. The number of aromatic nitrogens is 1. The highest BCUT2D eigenvalue weighted by Gasteiger charge is 2.21. The predicted octanol–water partition coefficient (Wildman–Crippen LogP) is 1.54. The molecule has 112 valence electrons. The number of ether oxygens (including phenoxy) is 2. The summed E-state index contributed by atoms with van der Waals surface area (Å²) in [7, 11) is 0. The number of carbonyl (C=O) groups is 2. The Morgan fingerprint density at radius 1 is 1.20 bits per heavy atom. The number of rotatable bonds is 6. The molecule has 1 aromatic rings. The lowest BCUT2D eigenvalue weighted by molar-refractivity contribution is -0.172. The third kappa shape index (κ3) is 4.38. The van der Waals surface area contributed by atoms with Crippen molar-refractivity contribution in [2.24, 2.45) is 0 Å². The van der Waals surface area contributed by atoms with Gasteiger partial charge in [-0.2, -0.15) is 0 Å². The van der Waals surface area contributed by atoms with Crippen LogP contribution in [0.15, 0.2) is 12.1 Å². The average Bonchev–Trinajstić information content (AvgIpc) is 2.70. The van der Waals surface area contributed by atoms with E-state index in [1.165, 1.54) is 0 Å². The molecule has 1 heterocycles. The Bertz CT molecular complexity index is 449. The standard InChI is InChI=1S/C12H17NO7/c1-3-5-11(18-10(16)4-2)19-12(17)20-13-8(14)6-7-9(13)15/h6-7,11,14-15H,3-5H2,1-2H3. The molecular weight excluding hydrogens is 270 g/mol. The number of hydrogen-bond acceptors (Lipinski definition) is 7. The van der Waals surface area contributed by atoms with Gasteiger partial charge in [0.2, 0.25) is 11.8 Å². The molecule has 8 nitrogen and oxygen atoms in total. The molecule has 0 aliphatic heterocycles. The van der Waals surface area contributed by atoms with E-state index in [9.17, 15) is 19.8 Å². The monoisotopic (exact) mass is 287 g/mol. The van der Waals surface area contributed by atoms with Crippen molar-refractivity contribution in [3.05, 3.63) is 12.1 Å². The van der Waals surface area contributed by atoms with Gasteiger partial charge in [-0.1, -0.05) is 13.8 Å². The van der Waals surface area contributed by atoms with Crippen molar-refractivity contribution in [2.75, 3.05) is 0 Å². The van der Waals surface area contributed by atoms with Crippen LogP contribution in [0, 0.1) is 0 Å². The van der Waals surface area contributed by atoms with Gasteiger partial charge in [0.1, 0.15) is 0 Å². The van der Waals surface area contributed by atoms with Crippen molar-refractivity contribution in [1.29, 1.82) is 0 Å². The molecule has 2 N–H and O–H groups in total. The second-order valence-corrected chi connectivity index (χ2v) is 3.86. The molecule has 1 aromatic heterocycles. The summed E-state index contributed by atoms with van der Waals surface area (Å²) < 4.78 is 10.2. The maximum Gasteiger partial charge on any atom is 0.537 e. The first-order valence-corrected chi connectivity index (χ1v) is 6.16. The quantitative estimate of drug-likeness (QED) is 0.603. The summed E-state index contributed by atoms with van der Waals surface area (Å²) in [6, 6.07) is 2.26. The minimum absolute atomic E-state index is 0.151. The highest BCUT2D eigenvalue weighted by molar-refractivity contribution is 5.69. The summed E-state index contributed by atoms with van der Waals surface area (Å²) in [6.07, 6.45) is -1.20. The SMILES string of the molecule is CCCC(OC(=O)CC)OC(=O)On1c(O)ccc1O.